The molecule has 122 valence electrons. The fourth-order valence-electron chi connectivity index (χ4n) is 4.76. The molecule has 0 N–H and O–H groups in total. The molecule has 3 nitrogen and oxygen atoms in total. The molecule has 3 aliphatic heterocycles. The van der Waals surface area contributed by atoms with Crippen molar-refractivity contribution in [1.29, 1.82) is 0 Å². The van der Waals surface area contributed by atoms with E-state index in [0.29, 0.717) is 12.0 Å². The zero-order valence-corrected chi connectivity index (χ0v) is 13.8. The normalized spacial score (nSPS) is 29.2. The first-order chi connectivity index (χ1) is 11.9. The van der Waals surface area contributed by atoms with E-state index in [0.717, 1.165) is 17.9 Å². The second-order valence-corrected chi connectivity index (χ2v) is 7.22. The van der Waals surface area contributed by atoms with Crippen LogP contribution in [0.2, 0.25) is 0 Å². The first-order valence-corrected chi connectivity index (χ1v) is 9.00. The van der Waals surface area contributed by atoms with Crippen LogP contribution in [-0.2, 0) is 6.42 Å². The number of piperidine rings is 3. The zero-order chi connectivity index (χ0) is 15.9. The predicted octanol–water partition coefficient (Wildman–Crippen LogP) is 4.25. The van der Waals surface area contributed by atoms with Crippen molar-refractivity contribution in [3.8, 4) is 0 Å². The lowest BCUT2D eigenvalue weighted by molar-refractivity contribution is 0.0184. The third-order valence-corrected chi connectivity index (χ3v) is 5.91. The van der Waals surface area contributed by atoms with Gasteiger partial charge in [0, 0.05) is 29.7 Å². The summed E-state index contributed by atoms with van der Waals surface area (Å²) in [7, 11) is 0. The van der Waals surface area contributed by atoms with Crippen molar-refractivity contribution in [2.75, 3.05) is 13.1 Å². The predicted molar refractivity (Wildman–Crippen MR) is 95.0 cm³/mol. The topological polar surface area (TPSA) is 29.3 Å². The minimum atomic E-state index is 0.500. The molecule has 2 unspecified atom stereocenters. The first-order valence-electron chi connectivity index (χ1n) is 9.00. The van der Waals surface area contributed by atoms with Crippen LogP contribution in [-0.4, -0.2) is 29.0 Å². The van der Waals surface area contributed by atoms with Crippen LogP contribution in [0.5, 0.6) is 0 Å². The molecule has 0 amide bonds. The van der Waals surface area contributed by atoms with Gasteiger partial charge in [-0.25, -0.2) is 0 Å². The summed E-state index contributed by atoms with van der Waals surface area (Å²) in [4.78, 5) is 6.97. The third-order valence-electron chi connectivity index (χ3n) is 5.91. The Hall–Kier alpha value is -2.13. The number of fused-ring (bicyclic) bond motifs is 4. The summed E-state index contributed by atoms with van der Waals surface area (Å²) in [6.07, 6.45) is 7.52. The van der Waals surface area contributed by atoms with Crippen LogP contribution in [0.4, 0.5) is 0 Å². The molecule has 0 saturated carbocycles. The summed E-state index contributed by atoms with van der Waals surface area (Å²) in [5.74, 6) is 2.43. The standard InChI is InChI=1S/C21H22N2O/c1-2-6-19-17(5-1)13-20(24-19)21-16-7-10-23(11-8-16)18(21)12-15-4-3-9-22-14-15/h1-6,9,13-14,16,18,21H,7-8,10-12H2. The second-order valence-electron chi connectivity index (χ2n) is 7.22. The summed E-state index contributed by atoms with van der Waals surface area (Å²) in [5, 5.41) is 1.23. The Kier molecular flexibility index (Phi) is 3.41. The molecule has 3 saturated heterocycles. The highest BCUT2D eigenvalue weighted by molar-refractivity contribution is 5.77. The molecule has 2 aromatic heterocycles. The van der Waals surface area contributed by atoms with Gasteiger partial charge in [-0.2, -0.15) is 0 Å². The van der Waals surface area contributed by atoms with Gasteiger partial charge in [0.2, 0.25) is 0 Å². The van der Waals surface area contributed by atoms with E-state index in [9.17, 15) is 0 Å². The molecule has 0 radical (unpaired) electrons. The minimum absolute atomic E-state index is 0.500. The first kappa shape index (κ1) is 14.2. The van der Waals surface area contributed by atoms with Crippen LogP contribution in [0.25, 0.3) is 11.0 Å². The number of aromatic nitrogens is 1. The van der Waals surface area contributed by atoms with E-state index >= 15 is 0 Å². The summed E-state index contributed by atoms with van der Waals surface area (Å²) >= 11 is 0. The van der Waals surface area contributed by atoms with Gasteiger partial charge in [-0.15, -0.1) is 0 Å². The molecule has 3 aromatic rings. The van der Waals surface area contributed by atoms with Crippen molar-refractivity contribution >= 4 is 11.0 Å². The van der Waals surface area contributed by atoms with Crippen LogP contribution in [0, 0.1) is 5.92 Å². The van der Waals surface area contributed by atoms with E-state index in [-0.39, 0.29) is 0 Å². The average Bonchev–Trinajstić information content (AvgIpc) is 3.07. The number of rotatable bonds is 3. The Labute approximate surface area is 142 Å². The fraction of sp³-hybridized carbons (Fsp3) is 0.381. The van der Waals surface area contributed by atoms with E-state index < -0.39 is 0 Å². The van der Waals surface area contributed by atoms with Crippen LogP contribution in [0.3, 0.4) is 0 Å². The Morgan fingerprint density at radius 3 is 2.75 bits per heavy atom. The van der Waals surface area contributed by atoms with Crippen molar-refractivity contribution in [1.82, 2.24) is 9.88 Å². The summed E-state index contributed by atoms with van der Waals surface area (Å²) in [6, 6.07) is 15.4. The molecule has 1 aromatic carbocycles. The minimum Gasteiger partial charge on any atom is -0.461 e. The SMILES string of the molecule is c1cncc(CC2C(c3cc4ccccc4o3)C3CCN2CC3)c1. The molecule has 0 spiro atoms. The molecule has 3 heteroatoms. The molecule has 6 rings (SSSR count). The van der Waals surface area contributed by atoms with Gasteiger partial charge in [-0.05, 0) is 62.0 Å². The Morgan fingerprint density at radius 1 is 1.08 bits per heavy atom. The van der Waals surface area contributed by atoms with Crippen molar-refractivity contribution in [2.45, 2.75) is 31.2 Å². The van der Waals surface area contributed by atoms with Crippen molar-refractivity contribution < 1.29 is 4.42 Å². The largest absolute Gasteiger partial charge is 0.461 e. The van der Waals surface area contributed by atoms with Crippen molar-refractivity contribution in [3.05, 3.63) is 66.2 Å². The maximum absolute atomic E-state index is 6.29. The molecule has 2 atom stereocenters. The number of hydrogen-bond acceptors (Lipinski definition) is 3. The molecule has 3 aliphatic rings. The zero-order valence-electron chi connectivity index (χ0n) is 13.8. The lowest BCUT2D eigenvalue weighted by Crippen LogP contribution is -2.54. The highest BCUT2D eigenvalue weighted by atomic mass is 16.3. The number of nitrogens with zero attached hydrogens (tertiary/aromatic N) is 2. The maximum atomic E-state index is 6.29. The van der Waals surface area contributed by atoms with E-state index in [2.05, 4.69) is 46.3 Å². The van der Waals surface area contributed by atoms with Gasteiger partial charge in [0.05, 0.1) is 0 Å². The van der Waals surface area contributed by atoms with Crippen LogP contribution >= 0.6 is 0 Å². The maximum Gasteiger partial charge on any atom is 0.134 e. The Morgan fingerprint density at radius 2 is 1.96 bits per heavy atom. The lowest BCUT2D eigenvalue weighted by Gasteiger charge is -2.50. The fourth-order valence-corrected chi connectivity index (χ4v) is 4.76. The Balaban J connectivity index is 1.53. The van der Waals surface area contributed by atoms with Gasteiger partial charge in [0.1, 0.15) is 11.3 Å². The Bertz CT molecular complexity index is 800. The third kappa shape index (κ3) is 2.35. The van der Waals surface area contributed by atoms with E-state index in [1.165, 1.54) is 42.6 Å². The molecular weight excluding hydrogens is 296 g/mol. The quantitative estimate of drug-likeness (QED) is 0.723. The molecule has 0 aliphatic carbocycles. The van der Waals surface area contributed by atoms with E-state index in [4.69, 9.17) is 4.42 Å². The van der Waals surface area contributed by atoms with Crippen molar-refractivity contribution in [2.24, 2.45) is 5.92 Å². The summed E-state index contributed by atoms with van der Waals surface area (Å²) in [5.41, 5.74) is 2.35. The number of furan rings is 1. The van der Waals surface area contributed by atoms with Gasteiger partial charge >= 0.3 is 0 Å². The van der Waals surface area contributed by atoms with Gasteiger partial charge < -0.3 is 4.42 Å². The number of benzene rings is 1. The van der Waals surface area contributed by atoms with Crippen LogP contribution in [0.1, 0.15) is 30.1 Å². The van der Waals surface area contributed by atoms with Gasteiger partial charge in [0.25, 0.3) is 0 Å². The van der Waals surface area contributed by atoms with Gasteiger partial charge in [-0.3, -0.25) is 9.88 Å². The molecule has 24 heavy (non-hydrogen) atoms. The smallest absolute Gasteiger partial charge is 0.134 e. The van der Waals surface area contributed by atoms with E-state index in [1.54, 1.807) is 0 Å². The molecule has 3 fully saturated rings. The van der Waals surface area contributed by atoms with Crippen molar-refractivity contribution in [3.63, 3.8) is 0 Å². The summed E-state index contributed by atoms with van der Waals surface area (Å²) < 4.78 is 6.29. The highest BCUT2D eigenvalue weighted by Crippen LogP contribution is 2.45. The molecule has 2 bridgehead atoms. The number of hydrogen-bond donors (Lipinski definition) is 0. The molecule has 5 heterocycles. The number of pyridine rings is 1. The molecular formula is C21H22N2O. The van der Waals surface area contributed by atoms with E-state index in [1.807, 2.05) is 18.5 Å². The second kappa shape index (κ2) is 5.75. The van der Waals surface area contributed by atoms with Crippen LogP contribution < -0.4 is 0 Å². The lowest BCUT2D eigenvalue weighted by atomic mass is 9.71. The highest BCUT2D eigenvalue weighted by Gasteiger charge is 2.44. The average molecular weight is 318 g/mol. The summed E-state index contributed by atoms with van der Waals surface area (Å²) in [6.45, 7) is 2.46. The van der Waals surface area contributed by atoms with Gasteiger partial charge in [-0.1, -0.05) is 24.3 Å². The van der Waals surface area contributed by atoms with Crippen LogP contribution in [0.15, 0.2) is 59.3 Å². The number of para-hydroxylation sites is 1. The van der Waals surface area contributed by atoms with Gasteiger partial charge in [0.15, 0.2) is 0 Å². The monoisotopic (exact) mass is 318 g/mol.